The van der Waals surface area contributed by atoms with Crippen LogP contribution < -0.4 is 10.6 Å². The maximum Gasteiger partial charge on any atom is 0.175 e. The number of nitrogens with one attached hydrogen (secondary N) is 2. The van der Waals surface area contributed by atoms with Crippen molar-refractivity contribution < 1.29 is 8.78 Å². The van der Waals surface area contributed by atoms with Crippen molar-refractivity contribution in [3.8, 4) is 0 Å². The fourth-order valence-electron chi connectivity index (χ4n) is 1.64. The smallest absolute Gasteiger partial charge is 0.175 e. The van der Waals surface area contributed by atoms with E-state index in [1.807, 2.05) is 31.2 Å². The van der Waals surface area contributed by atoms with Crippen LogP contribution in [0.15, 0.2) is 40.9 Å². The third-order valence-corrected chi connectivity index (χ3v) is 3.47. The van der Waals surface area contributed by atoms with Crippen LogP contribution in [0.5, 0.6) is 0 Å². The topological polar surface area (TPSA) is 24.1 Å². The van der Waals surface area contributed by atoms with Gasteiger partial charge in [0.25, 0.3) is 0 Å². The van der Waals surface area contributed by atoms with Gasteiger partial charge in [0.1, 0.15) is 5.82 Å². The van der Waals surface area contributed by atoms with Gasteiger partial charge >= 0.3 is 0 Å². The molecule has 2 aromatic rings. The monoisotopic (exact) mass is 356 g/mol. The minimum absolute atomic E-state index is 0.0949. The normalized spacial score (nSPS) is 10.2. The molecular formula is C14H11BrF2N2S. The van der Waals surface area contributed by atoms with E-state index in [9.17, 15) is 8.78 Å². The van der Waals surface area contributed by atoms with Gasteiger partial charge in [0.15, 0.2) is 10.9 Å². The molecule has 2 aromatic carbocycles. The molecule has 0 unspecified atom stereocenters. The summed E-state index contributed by atoms with van der Waals surface area (Å²) in [5.41, 5.74) is 1.93. The fourth-order valence-corrected chi connectivity index (χ4v) is 2.36. The average Bonchev–Trinajstić information content (AvgIpc) is 2.36. The Morgan fingerprint density at radius 2 is 1.85 bits per heavy atom. The lowest BCUT2D eigenvalue weighted by atomic mass is 10.2. The first-order valence-electron chi connectivity index (χ1n) is 5.75. The molecular weight excluding hydrogens is 346 g/mol. The number of anilines is 2. The Kier molecular flexibility index (Phi) is 4.67. The van der Waals surface area contributed by atoms with Gasteiger partial charge in [-0.3, -0.25) is 0 Å². The summed E-state index contributed by atoms with van der Waals surface area (Å²) in [6.45, 7) is 1.93. The van der Waals surface area contributed by atoms with E-state index in [1.165, 1.54) is 6.07 Å². The Balaban J connectivity index is 2.15. The Hall–Kier alpha value is -1.53. The molecule has 0 bridgehead atoms. The Bertz CT molecular complexity index is 638. The molecule has 0 spiro atoms. The quantitative estimate of drug-likeness (QED) is 0.752. The predicted molar refractivity (Wildman–Crippen MR) is 85.1 cm³/mol. The van der Waals surface area contributed by atoms with E-state index in [2.05, 4.69) is 26.6 Å². The molecule has 0 aliphatic heterocycles. The summed E-state index contributed by atoms with van der Waals surface area (Å²) < 4.78 is 26.9. The zero-order valence-electron chi connectivity index (χ0n) is 10.5. The first-order chi connectivity index (χ1) is 9.47. The summed E-state index contributed by atoms with van der Waals surface area (Å²) in [6.07, 6.45) is 0. The van der Waals surface area contributed by atoms with Gasteiger partial charge in [-0.25, -0.2) is 8.78 Å². The van der Waals surface area contributed by atoms with E-state index in [0.29, 0.717) is 0 Å². The highest BCUT2D eigenvalue weighted by molar-refractivity contribution is 9.10. The van der Waals surface area contributed by atoms with E-state index in [-0.39, 0.29) is 15.3 Å². The van der Waals surface area contributed by atoms with E-state index in [0.717, 1.165) is 17.3 Å². The van der Waals surface area contributed by atoms with Crippen LogP contribution in [0.25, 0.3) is 0 Å². The molecule has 0 aromatic heterocycles. The minimum atomic E-state index is -0.717. The number of thiocarbonyl (C=S) groups is 1. The molecule has 0 aliphatic rings. The van der Waals surface area contributed by atoms with Crippen molar-refractivity contribution in [2.24, 2.45) is 0 Å². The lowest BCUT2D eigenvalue weighted by Crippen LogP contribution is -2.20. The van der Waals surface area contributed by atoms with E-state index in [4.69, 9.17) is 12.2 Å². The van der Waals surface area contributed by atoms with Gasteiger partial charge < -0.3 is 10.6 Å². The maximum atomic E-state index is 13.7. The molecule has 0 radical (unpaired) electrons. The molecule has 20 heavy (non-hydrogen) atoms. The zero-order chi connectivity index (χ0) is 14.7. The van der Waals surface area contributed by atoms with E-state index in [1.54, 1.807) is 0 Å². The number of rotatable bonds is 2. The predicted octanol–water partition coefficient (Wildman–Crippen LogP) is 4.84. The number of halogens is 3. The highest BCUT2D eigenvalue weighted by Crippen LogP contribution is 2.27. The van der Waals surface area contributed by atoms with Gasteiger partial charge in [0, 0.05) is 16.2 Å². The summed E-state index contributed by atoms with van der Waals surface area (Å²) in [5, 5.41) is 5.91. The van der Waals surface area contributed by atoms with E-state index >= 15 is 0 Å². The summed E-state index contributed by atoms with van der Waals surface area (Å²) in [7, 11) is 0. The molecule has 0 fully saturated rings. The lowest BCUT2D eigenvalue weighted by molar-refractivity contribution is 0.585. The van der Waals surface area contributed by atoms with Gasteiger partial charge in [0.05, 0.1) is 5.69 Å². The fraction of sp³-hybridized carbons (Fsp3) is 0.0714. The molecule has 104 valence electrons. The van der Waals surface area contributed by atoms with Crippen LogP contribution in [0.4, 0.5) is 20.2 Å². The van der Waals surface area contributed by atoms with Crippen molar-refractivity contribution in [3.63, 3.8) is 0 Å². The molecule has 0 amide bonds. The lowest BCUT2D eigenvalue weighted by Gasteiger charge is -2.14. The van der Waals surface area contributed by atoms with Crippen molar-refractivity contribution in [1.29, 1.82) is 0 Å². The first kappa shape index (κ1) is 14.9. The molecule has 2 rings (SSSR count). The third kappa shape index (κ3) is 3.52. The maximum absolute atomic E-state index is 13.7. The molecule has 0 atom stereocenters. The highest BCUT2D eigenvalue weighted by atomic mass is 79.9. The summed E-state index contributed by atoms with van der Waals surface area (Å²) >= 11 is 8.22. The second kappa shape index (κ2) is 6.28. The van der Waals surface area contributed by atoms with Crippen molar-refractivity contribution in [2.45, 2.75) is 6.92 Å². The Morgan fingerprint density at radius 3 is 2.50 bits per heavy atom. The number of hydrogen-bond donors (Lipinski definition) is 2. The van der Waals surface area contributed by atoms with Crippen molar-refractivity contribution >= 4 is 44.6 Å². The largest absolute Gasteiger partial charge is 0.332 e. The second-order valence-corrected chi connectivity index (χ2v) is 5.40. The summed E-state index contributed by atoms with van der Waals surface area (Å²) in [4.78, 5) is 0. The number of aryl methyl sites for hydroxylation is 1. The molecule has 0 saturated heterocycles. The van der Waals surface area contributed by atoms with Crippen LogP contribution in [0.1, 0.15) is 5.56 Å². The van der Waals surface area contributed by atoms with Crippen LogP contribution in [0.3, 0.4) is 0 Å². The average molecular weight is 357 g/mol. The van der Waals surface area contributed by atoms with Crippen molar-refractivity contribution in [1.82, 2.24) is 0 Å². The van der Waals surface area contributed by atoms with Gasteiger partial charge in [0.2, 0.25) is 0 Å². The van der Waals surface area contributed by atoms with Crippen LogP contribution in [-0.4, -0.2) is 5.11 Å². The van der Waals surface area contributed by atoms with Gasteiger partial charge in [-0.1, -0.05) is 18.2 Å². The summed E-state index contributed by atoms with van der Waals surface area (Å²) in [5.74, 6) is -1.37. The minimum Gasteiger partial charge on any atom is -0.332 e. The van der Waals surface area contributed by atoms with Gasteiger partial charge in [-0.15, -0.1) is 0 Å². The first-order valence-corrected chi connectivity index (χ1v) is 6.95. The second-order valence-electron chi connectivity index (χ2n) is 4.14. The number of para-hydroxylation sites is 1. The number of hydrogen-bond acceptors (Lipinski definition) is 1. The van der Waals surface area contributed by atoms with Crippen LogP contribution in [-0.2, 0) is 0 Å². The van der Waals surface area contributed by atoms with Crippen molar-refractivity contribution in [3.05, 3.63) is 58.1 Å². The van der Waals surface area contributed by atoms with Crippen LogP contribution >= 0.6 is 28.1 Å². The zero-order valence-corrected chi connectivity index (χ0v) is 12.9. The molecule has 0 saturated carbocycles. The SMILES string of the molecule is Cc1ccccc1NC(=S)Nc1c(F)cc(F)cc1Br. The Morgan fingerprint density at radius 1 is 1.15 bits per heavy atom. The molecule has 6 heteroatoms. The highest BCUT2D eigenvalue weighted by Gasteiger charge is 2.11. The summed E-state index contributed by atoms with van der Waals surface area (Å²) in [6, 6.07) is 9.53. The van der Waals surface area contributed by atoms with Crippen LogP contribution in [0, 0.1) is 18.6 Å². The standard InChI is InChI=1S/C14H11BrF2N2S/c1-8-4-2-3-5-12(8)18-14(20)19-13-10(15)6-9(16)7-11(13)17/h2-7H,1H3,(H2,18,19,20). The van der Waals surface area contributed by atoms with Crippen LogP contribution in [0.2, 0.25) is 0 Å². The third-order valence-electron chi connectivity index (χ3n) is 2.64. The van der Waals surface area contributed by atoms with Gasteiger partial charge in [-0.2, -0.15) is 0 Å². The van der Waals surface area contributed by atoms with Crippen molar-refractivity contribution in [2.75, 3.05) is 10.6 Å². The van der Waals surface area contributed by atoms with E-state index < -0.39 is 11.6 Å². The molecule has 2 nitrogen and oxygen atoms in total. The molecule has 2 N–H and O–H groups in total. The van der Waals surface area contributed by atoms with Gasteiger partial charge in [-0.05, 0) is 52.8 Å². The molecule has 0 heterocycles. The molecule has 0 aliphatic carbocycles. The number of benzene rings is 2. The Labute approximate surface area is 129 Å².